The lowest BCUT2D eigenvalue weighted by Crippen LogP contribution is -2.47. The van der Waals surface area contributed by atoms with Gasteiger partial charge in [0.05, 0.1) is 24.9 Å². The normalized spacial score (nSPS) is 18.6. The first-order chi connectivity index (χ1) is 13.3. The monoisotopic (exact) mass is 388 g/mol. The van der Waals surface area contributed by atoms with Gasteiger partial charge in [0.25, 0.3) is 0 Å². The van der Waals surface area contributed by atoms with Crippen LogP contribution in [0, 0.1) is 6.92 Å². The topological polar surface area (TPSA) is 24.1 Å². The van der Waals surface area contributed by atoms with Gasteiger partial charge in [0.1, 0.15) is 0 Å². The van der Waals surface area contributed by atoms with Crippen molar-refractivity contribution in [3.63, 3.8) is 0 Å². The minimum Gasteiger partial charge on any atom is -0.396 e. The van der Waals surface area contributed by atoms with Crippen molar-refractivity contribution >= 4 is 24.0 Å². The molecule has 0 radical (unpaired) electrons. The number of aryl methyl sites for hydroxylation is 1. The highest BCUT2D eigenvalue weighted by Crippen LogP contribution is 2.42. The lowest BCUT2D eigenvalue weighted by molar-refractivity contribution is -0.706. The van der Waals surface area contributed by atoms with E-state index < -0.39 is 8.07 Å². The third kappa shape index (κ3) is 3.03. The highest BCUT2D eigenvalue weighted by atomic mass is 28.3. The number of aromatic nitrogens is 1. The number of aliphatic hydroxyl groups excluding tert-OH is 1. The first-order valence-corrected chi connectivity index (χ1v) is 13.7. The molecule has 0 spiro atoms. The van der Waals surface area contributed by atoms with Gasteiger partial charge in [-0.1, -0.05) is 61.2 Å². The summed E-state index contributed by atoms with van der Waals surface area (Å²) in [6, 6.07) is 16.2. The van der Waals surface area contributed by atoms with Crippen molar-refractivity contribution in [2.75, 3.05) is 6.61 Å². The van der Waals surface area contributed by atoms with E-state index in [-0.39, 0.29) is 18.6 Å². The molecule has 1 aromatic heterocycles. The van der Waals surface area contributed by atoms with E-state index in [0.29, 0.717) is 0 Å². The summed E-state index contributed by atoms with van der Waals surface area (Å²) in [5.74, 6) is 0.245. The van der Waals surface area contributed by atoms with Crippen LogP contribution in [0.1, 0.15) is 29.5 Å². The van der Waals surface area contributed by atoms with Crippen molar-refractivity contribution in [2.45, 2.75) is 44.9 Å². The number of fused-ring (bicyclic) bond motifs is 5. The molecule has 0 fully saturated rings. The Morgan fingerprint density at radius 2 is 1.89 bits per heavy atom. The fourth-order valence-electron chi connectivity index (χ4n) is 4.61. The number of hydrogen-bond acceptors (Lipinski definition) is 1. The van der Waals surface area contributed by atoms with Gasteiger partial charge >= 0.3 is 0 Å². The fraction of sp³-hybridized carbons (Fsp3) is 0.320. The maximum absolute atomic E-state index is 9.70. The summed E-state index contributed by atoms with van der Waals surface area (Å²) >= 11 is 0. The van der Waals surface area contributed by atoms with E-state index in [1.54, 1.807) is 0 Å². The zero-order chi connectivity index (χ0) is 20.1. The standard InChI is InChI=1S/C25H30NOSi/c1-6-24-22(12-14-27)21-9-7-17(2)15-23(21)25-20-10-8-19(28(3,4)5)16-18(20)11-13-26(24)25/h6-11,13,15-16,22,24,27H,1,12,14H2,2-5H3/q+1. The molecule has 0 amide bonds. The highest BCUT2D eigenvalue weighted by molar-refractivity contribution is 6.88. The van der Waals surface area contributed by atoms with E-state index in [2.05, 4.69) is 86.4 Å². The van der Waals surface area contributed by atoms with E-state index in [9.17, 15) is 5.11 Å². The van der Waals surface area contributed by atoms with Crippen LogP contribution in [0.5, 0.6) is 0 Å². The molecule has 2 aromatic carbocycles. The van der Waals surface area contributed by atoms with Crippen molar-refractivity contribution in [3.05, 3.63) is 72.4 Å². The van der Waals surface area contributed by atoms with Crippen LogP contribution in [0.25, 0.3) is 22.0 Å². The molecular weight excluding hydrogens is 358 g/mol. The average molecular weight is 389 g/mol. The summed E-state index contributed by atoms with van der Waals surface area (Å²) < 4.78 is 2.37. The van der Waals surface area contributed by atoms with Gasteiger partial charge in [-0.05, 0) is 42.5 Å². The Bertz CT molecular complexity index is 1060. The van der Waals surface area contributed by atoms with E-state index in [4.69, 9.17) is 0 Å². The van der Waals surface area contributed by atoms with Crippen LogP contribution in [0.3, 0.4) is 0 Å². The molecule has 3 aromatic rings. The molecule has 2 nitrogen and oxygen atoms in total. The number of hydrogen-bond donors (Lipinski definition) is 1. The van der Waals surface area contributed by atoms with E-state index in [0.717, 1.165) is 6.42 Å². The number of nitrogens with zero attached hydrogens (tertiary/aromatic N) is 1. The zero-order valence-electron chi connectivity index (χ0n) is 17.4. The van der Waals surface area contributed by atoms with Gasteiger partial charge < -0.3 is 5.11 Å². The second-order valence-electron chi connectivity index (χ2n) is 9.06. The van der Waals surface area contributed by atoms with Crippen molar-refractivity contribution < 1.29 is 9.67 Å². The van der Waals surface area contributed by atoms with Gasteiger partial charge in [-0.3, -0.25) is 0 Å². The minimum atomic E-state index is -1.36. The molecule has 1 aliphatic rings. The Morgan fingerprint density at radius 3 is 2.57 bits per heavy atom. The summed E-state index contributed by atoms with van der Waals surface area (Å²) in [5, 5.41) is 13.8. The maximum atomic E-state index is 9.70. The average Bonchev–Trinajstić information content (AvgIpc) is 2.66. The molecule has 144 valence electrons. The van der Waals surface area contributed by atoms with Gasteiger partial charge in [0.2, 0.25) is 5.69 Å². The molecule has 3 heteroatoms. The Balaban J connectivity index is 2.04. The van der Waals surface area contributed by atoms with Crippen LogP contribution in [0.2, 0.25) is 19.6 Å². The Labute approximate surface area is 169 Å². The number of aliphatic hydroxyl groups is 1. The molecule has 2 unspecified atom stereocenters. The van der Waals surface area contributed by atoms with Crippen LogP contribution in [0.4, 0.5) is 0 Å². The number of pyridine rings is 1. The van der Waals surface area contributed by atoms with Crippen LogP contribution in [-0.2, 0) is 0 Å². The molecule has 4 rings (SSSR count). The summed E-state index contributed by atoms with van der Waals surface area (Å²) in [6.45, 7) is 13.7. The first-order valence-electron chi connectivity index (χ1n) is 10.2. The Kier molecular flexibility index (Phi) is 4.76. The van der Waals surface area contributed by atoms with Crippen LogP contribution < -0.4 is 9.75 Å². The SMILES string of the molecule is C=CC1C(CCO)c2ccc(C)cc2-c2c3ccc([Si](C)(C)C)cc3cc[n+]21. The quantitative estimate of drug-likeness (QED) is 0.385. The van der Waals surface area contributed by atoms with Gasteiger partial charge in [0.15, 0.2) is 12.2 Å². The highest BCUT2D eigenvalue weighted by Gasteiger charge is 2.39. The summed E-state index contributed by atoms with van der Waals surface area (Å²) in [4.78, 5) is 0. The predicted octanol–water partition coefficient (Wildman–Crippen LogP) is 4.85. The maximum Gasteiger partial charge on any atom is 0.221 e. The van der Waals surface area contributed by atoms with Crippen LogP contribution >= 0.6 is 0 Å². The van der Waals surface area contributed by atoms with Crippen molar-refractivity contribution in [1.82, 2.24) is 0 Å². The first kappa shape index (κ1) is 19.1. The van der Waals surface area contributed by atoms with Gasteiger partial charge in [-0.25, -0.2) is 0 Å². The number of rotatable bonds is 4. The second-order valence-corrected chi connectivity index (χ2v) is 14.1. The van der Waals surface area contributed by atoms with Crippen molar-refractivity contribution in [2.24, 2.45) is 0 Å². The third-order valence-corrected chi connectivity index (χ3v) is 8.17. The lowest BCUT2D eigenvalue weighted by atomic mass is 9.79. The largest absolute Gasteiger partial charge is 0.396 e. The van der Waals surface area contributed by atoms with E-state index in [1.807, 2.05) is 6.08 Å². The van der Waals surface area contributed by atoms with Crippen molar-refractivity contribution in [1.29, 1.82) is 0 Å². The molecule has 28 heavy (non-hydrogen) atoms. The smallest absolute Gasteiger partial charge is 0.221 e. The number of allylic oxidation sites excluding steroid dienone is 1. The van der Waals surface area contributed by atoms with Crippen molar-refractivity contribution in [3.8, 4) is 11.3 Å². The van der Waals surface area contributed by atoms with Gasteiger partial charge in [-0.15, -0.1) is 0 Å². The summed E-state index contributed by atoms with van der Waals surface area (Å²) in [5.41, 5.74) is 5.16. The summed E-state index contributed by atoms with van der Waals surface area (Å²) in [6.07, 6.45) is 4.99. The molecule has 0 saturated carbocycles. The second kappa shape index (κ2) is 6.98. The molecule has 0 bridgehead atoms. The molecular formula is C25H30NOSi+. The van der Waals surface area contributed by atoms with Crippen LogP contribution in [0.15, 0.2) is 61.3 Å². The molecule has 2 heterocycles. The van der Waals surface area contributed by atoms with Crippen LogP contribution in [-0.4, -0.2) is 19.8 Å². The molecule has 0 saturated heterocycles. The Morgan fingerprint density at radius 1 is 1.11 bits per heavy atom. The van der Waals surface area contributed by atoms with Gasteiger partial charge in [-0.2, -0.15) is 4.57 Å². The fourth-order valence-corrected chi connectivity index (χ4v) is 5.78. The summed E-state index contributed by atoms with van der Waals surface area (Å²) in [7, 11) is -1.36. The minimum absolute atomic E-state index is 0.151. The zero-order valence-corrected chi connectivity index (χ0v) is 18.4. The molecule has 2 atom stereocenters. The Hall–Kier alpha value is -2.23. The molecule has 1 aliphatic heterocycles. The third-order valence-electron chi connectivity index (χ3n) is 6.12. The lowest BCUT2D eigenvalue weighted by Gasteiger charge is -2.29. The van der Waals surface area contributed by atoms with E-state index >= 15 is 0 Å². The molecule has 0 aliphatic carbocycles. The van der Waals surface area contributed by atoms with Gasteiger partial charge in [0, 0.05) is 12.7 Å². The van der Waals surface area contributed by atoms with E-state index in [1.165, 1.54) is 38.3 Å². The molecule has 1 N–H and O–H groups in total. The number of benzene rings is 2. The predicted molar refractivity (Wildman–Crippen MR) is 121 cm³/mol.